The largest absolute Gasteiger partial charge is 0.480 e. The molecule has 132 valence electrons. The van der Waals surface area contributed by atoms with Gasteiger partial charge >= 0.3 is 0 Å². The minimum Gasteiger partial charge on any atom is -0.480 e. The highest BCUT2D eigenvalue weighted by molar-refractivity contribution is 9.10. The van der Waals surface area contributed by atoms with Crippen LogP contribution in [0.5, 0.6) is 5.75 Å². The van der Waals surface area contributed by atoms with Crippen molar-refractivity contribution >= 4 is 45.1 Å². The molecule has 0 saturated carbocycles. The van der Waals surface area contributed by atoms with Crippen molar-refractivity contribution in [2.45, 2.75) is 26.4 Å². The molecule has 1 N–H and O–H groups in total. The van der Waals surface area contributed by atoms with E-state index in [1.165, 1.54) is 23.6 Å². The quantitative estimate of drug-likeness (QED) is 0.413. The molecule has 9 heteroatoms. The average molecular weight is 426 g/mol. The molecule has 25 heavy (non-hydrogen) atoms. The molecule has 7 nitrogen and oxygen atoms in total. The van der Waals surface area contributed by atoms with Crippen LogP contribution in [-0.2, 0) is 11.2 Å². The molecule has 1 aromatic heterocycles. The molecule has 0 radical (unpaired) electrons. The zero-order valence-electron chi connectivity index (χ0n) is 13.6. The van der Waals surface area contributed by atoms with Gasteiger partial charge in [0, 0.05) is 6.07 Å². The van der Waals surface area contributed by atoms with Gasteiger partial charge in [0.1, 0.15) is 5.75 Å². The van der Waals surface area contributed by atoms with E-state index in [4.69, 9.17) is 4.74 Å². The molecule has 0 aliphatic carbocycles. The Morgan fingerprint density at radius 3 is 2.84 bits per heavy atom. The Morgan fingerprint density at radius 2 is 2.24 bits per heavy atom. The lowest BCUT2D eigenvalue weighted by atomic mass is 10.3. The monoisotopic (exact) mass is 425 g/mol. The molecule has 1 amide bonds. The highest BCUT2D eigenvalue weighted by Gasteiger charge is 2.17. The Labute approximate surface area is 157 Å². The number of nitro groups is 1. The first-order valence-electron chi connectivity index (χ1n) is 7.43. The van der Waals surface area contributed by atoms with Crippen LogP contribution >= 0.6 is 27.3 Å². The van der Waals surface area contributed by atoms with Crippen LogP contribution in [0.4, 0.5) is 5.69 Å². The lowest BCUT2D eigenvalue weighted by molar-refractivity contribution is -0.385. The normalized spacial score (nSPS) is 12.1. The smallest absolute Gasteiger partial charge is 0.283 e. The Hall–Kier alpha value is -2.26. The second-order valence-electron chi connectivity index (χ2n) is 4.99. The van der Waals surface area contributed by atoms with Gasteiger partial charge in [-0.25, -0.2) is 5.43 Å². The predicted molar refractivity (Wildman–Crippen MR) is 100 cm³/mol. The molecule has 1 atom stereocenters. The van der Waals surface area contributed by atoms with Crippen LogP contribution in [0.3, 0.4) is 0 Å². The molecule has 2 aromatic rings. The third-order valence-electron chi connectivity index (χ3n) is 3.20. The van der Waals surface area contributed by atoms with E-state index in [1.54, 1.807) is 19.1 Å². The maximum Gasteiger partial charge on any atom is 0.283 e. The summed E-state index contributed by atoms with van der Waals surface area (Å²) in [6, 6.07) is 8.65. The first kappa shape index (κ1) is 19.1. The average Bonchev–Trinajstić information content (AvgIpc) is 3.00. The van der Waals surface area contributed by atoms with Gasteiger partial charge in [-0.05, 0) is 41.4 Å². The first-order valence-corrected chi connectivity index (χ1v) is 9.04. The number of aryl methyl sites for hydroxylation is 1. The number of benzene rings is 1. The van der Waals surface area contributed by atoms with E-state index in [0.717, 1.165) is 4.47 Å². The molecule has 0 aliphatic rings. The molecule has 1 aromatic carbocycles. The maximum absolute atomic E-state index is 12.0. The summed E-state index contributed by atoms with van der Waals surface area (Å²) < 4.78 is 6.31. The fourth-order valence-electron chi connectivity index (χ4n) is 1.95. The number of nitrogens with zero attached hydrogens (tertiary/aromatic N) is 2. The van der Waals surface area contributed by atoms with E-state index in [2.05, 4.69) is 26.5 Å². The van der Waals surface area contributed by atoms with E-state index >= 15 is 0 Å². The lowest BCUT2D eigenvalue weighted by Gasteiger charge is -2.13. The number of para-hydroxylation sites is 1. The summed E-state index contributed by atoms with van der Waals surface area (Å²) in [7, 11) is 0. The van der Waals surface area contributed by atoms with E-state index in [0.29, 0.717) is 21.9 Å². The van der Waals surface area contributed by atoms with Crippen molar-refractivity contribution in [3.63, 3.8) is 0 Å². The summed E-state index contributed by atoms with van der Waals surface area (Å²) in [5, 5.41) is 14.8. The number of ether oxygens (including phenoxy) is 1. The van der Waals surface area contributed by atoms with Gasteiger partial charge in [-0.3, -0.25) is 14.9 Å². The fraction of sp³-hybridized carbons (Fsp3) is 0.250. The number of halogens is 1. The summed E-state index contributed by atoms with van der Waals surface area (Å²) in [5.74, 6) is 0.129. The van der Waals surface area contributed by atoms with E-state index in [9.17, 15) is 14.9 Å². The molecule has 0 spiro atoms. The molecular formula is C16H16BrN3O4S. The third-order valence-corrected chi connectivity index (χ3v) is 5.06. The number of hydrogen-bond donors (Lipinski definition) is 1. The summed E-state index contributed by atoms with van der Waals surface area (Å²) in [6.07, 6.45) is 1.21. The van der Waals surface area contributed by atoms with Crippen LogP contribution in [0.1, 0.15) is 23.6 Å². The number of thiophene rings is 1. The lowest BCUT2D eigenvalue weighted by Crippen LogP contribution is -2.33. The fourth-order valence-corrected chi connectivity index (χ4v) is 3.27. The number of rotatable bonds is 7. The highest BCUT2D eigenvalue weighted by atomic mass is 79.9. The molecule has 1 heterocycles. The van der Waals surface area contributed by atoms with Gasteiger partial charge in [0.25, 0.3) is 11.6 Å². The molecule has 0 fully saturated rings. The van der Waals surface area contributed by atoms with Crippen molar-refractivity contribution in [3.05, 3.63) is 54.7 Å². The van der Waals surface area contributed by atoms with Crippen molar-refractivity contribution in [1.29, 1.82) is 0 Å². The summed E-state index contributed by atoms with van der Waals surface area (Å²) in [5.41, 5.74) is 2.45. The third kappa shape index (κ3) is 5.10. The molecule has 0 bridgehead atoms. The second kappa shape index (κ2) is 8.72. The number of carbonyl (C=O) groups is 1. The van der Waals surface area contributed by atoms with Gasteiger partial charge in [-0.15, -0.1) is 11.3 Å². The van der Waals surface area contributed by atoms with E-state index in [1.807, 2.05) is 19.1 Å². The number of nitrogens with one attached hydrogen (secondary N) is 1. The Bertz CT molecular complexity index is 806. The molecular weight excluding hydrogens is 410 g/mol. The topological polar surface area (TPSA) is 93.8 Å². The summed E-state index contributed by atoms with van der Waals surface area (Å²) >= 11 is 4.62. The number of hydrogen-bond acceptors (Lipinski definition) is 6. The predicted octanol–water partition coefficient (Wildman–Crippen LogP) is 3.90. The zero-order chi connectivity index (χ0) is 18.4. The molecule has 0 unspecified atom stereocenters. The van der Waals surface area contributed by atoms with Gasteiger partial charge in [0.15, 0.2) is 6.10 Å². The zero-order valence-corrected chi connectivity index (χ0v) is 16.0. The van der Waals surface area contributed by atoms with Crippen LogP contribution in [-0.4, -0.2) is 23.1 Å². The van der Waals surface area contributed by atoms with E-state index < -0.39 is 16.9 Å². The number of amides is 1. The van der Waals surface area contributed by atoms with Crippen molar-refractivity contribution < 1.29 is 14.5 Å². The number of carbonyl (C=O) groups excluding carboxylic acids is 1. The van der Waals surface area contributed by atoms with Gasteiger partial charge in [-0.1, -0.05) is 19.1 Å². The molecule has 0 aliphatic heterocycles. The molecule has 0 saturated heterocycles. The van der Waals surface area contributed by atoms with Crippen LogP contribution in [0, 0.1) is 10.1 Å². The van der Waals surface area contributed by atoms with Crippen LogP contribution in [0.25, 0.3) is 0 Å². The minimum atomic E-state index is -0.750. The second-order valence-corrected chi connectivity index (χ2v) is 7.02. The first-order chi connectivity index (χ1) is 11.9. The van der Waals surface area contributed by atoms with Crippen molar-refractivity contribution in [2.24, 2.45) is 5.10 Å². The summed E-state index contributed by atoms with van der Waals surface area (Å²) in [6.45, 7) is 3.46. The van der Waals surface area contributed by atoms with Crippen LogP contribution < -0.4 is 10.2 Å². The molecule has 2 rings (SSSR count). The van der Waals surface area contributed by atoms with Gasteiger partial charge in [-0.2, -0.15) is 5.10 Å². The van der Waals surface area contributed by atoms with Crippen molar-refractivity contribution in [2.75, 3.05) is 0 Å². The Balaban J connectivity index is 1.96. The van der Waals surface area contributed by atoms with Crippen LogP contribution in [0.15, 0.2) is 39.9 Å². The van der Waals surface area contributed by atoms with Gasteiger partial charge in [0.2, 0.25) is 0 Å². The Morgan fingerprint density at radius 1 is 1.52 bits per heavy atom. The summed E-state index contributed by atoms with van der Waals surface area (Å²) in [4.78, 5) is 23.8. The van der Waals surface area contributed by atoms with Gasteiger partial charge < -0.3 is 4.74 Å². The maximum atomic E-state index is 12.0. The SMILES string of the molecule is CCc1sc(/C=N\NC(=O)[C@@H](C)Oc2ccccc2Br)cc1[N+](=O)[O-]. The van der Waals surface area contributed by atoms with Gasteiger partial charge in [0.05, 0.1) is 25.4 Å². The van der Waals surface area contributed by atoms with Crippen molar-refractivity contribution in [1.82, 2.24) is 5.43 Å². The number of hydrazone groups is 1. The standard InChI is InChI=1S/C16H16BrN3O4S/c1-3-15-13(20(22)23)8-11(25-15)9-18-19-16(21)10(2)24-14-7-5-4-6-12(14)17/h4-10H,3H2,1-2H3,(H,19,21)/b18-9-/t10-/m1/s1. The highest BCUT2D eigenvalue weighted by Crippen LogP contribution is 2.28. The Kier molecular flexibility index (Phi) is 6.65. The minimum absolute atomic E-state index is 0.0749. The van der Waals surface area contributed by atoms with Crippen molar-refractivity contribution in [3.8, 4) is 5.75 Å². The van der Waals surface area contributed by atoms with Crippen LogP contribution in [0.2, 0.25) is 0 Å². The van der Waals surface area contributed by atoms with E-state index in [-0.39, 0.29) is 5.69 Å².